The first kappa shape index (κ1) is 15.2. The Kier molecular flexibility index (Phi) is 4.30. The van der Waals surface area contributed by atoms with E-state index < -0.39 is 0 Å². The minimum absolute atomic E-state index is 0.246. The lowest BCUT2D eigenvalue weighted by Crippen LogP contribution is -2.16. The fourth-order valence-corrected chi connectivity index (χ4v) is 4.48. The summed E-state index contributed by atoms with van der Waals surface area (Å²) in [5.41, 5.74) is 2.18. The lowest BCUT2D eigenvalue weighted by Gasteiger charge is -1.99. The van der Waals surface area contributed by atoms with Crippen LogP contribution in [-0.2, 0) is 6.54 Å². The average Bonchev–Trinajstić information content (AvgIpc) is 3.04. The van der Waals surface area contributed by atoms with Gasteiger partial charge in [-0.15, -0.1) is 17.8 Å². The van der Waals surface area contributed by atoms with Crippen LogP contribution in [0.2, 0.25) is 0 Å². The highest BCUT2D eigenvalue weighted by atomic mass is 79.9. The van der Waals surface area contributed by atoms with Gasteiger partial charge < -0.3 is 4.57 Å². The third kappa shape index (κ3) is 2.93. The number of carbonyl (C=O) groups is 1. The molecule has 3 rings (SSSR count). The first-order chi connectivity index (χ1) is 10.6. The Bertz CT molecular complexity index is 972. The highest BCUT2D eigenvalue weighted by molar-refractivity contribution is 9.11. The molecule has 0 aliphatic heterocycles. The Morgan fingerprint density at radius 1 is 1.36 bits per heavy atom. The summed E-state index contributed by atoms with van der Waals surface area (Å²) in [6.07, 6.45) is 5.46. The summed E-state index contributed by atoms with van der Waals surface area (Å²) >= 11 is 6.21. The summed E-state index contributed by atoms with van der Waals surface area (Å²) in [7, 11) is 0. The van der Waals surface area contributed by atoms with Crippen LogP contribution in [0.4, 0.5) is 0 Å². The largest absolute Gasteiger partial charge is 0.305 e. The highest BCUT2D eigenvalue weighted by Gasteiger charge is 2.10. The number of aryl methyl sites for hydroxylation is 1. The molecule has 0 spiro atoms. The van der Waals surface area contributed by atoms with Gasteiger partial charge in [-0.3, -0.25) is 4.79 Å². The van der Waals surface area contributed by atoms with E-state index in [4.69, 9.17) is 6.42 Å². The van der Waals surface area contributed by atoms with Gasteiger partial charge in [0.2, 0.25) is 0 Å². The quantitative estimate of drug-likeness (QED) is 0.603. The third-order valence-corrected chi connectivity index (χ3v) is 5.72. The van der Waals surface area contributed by atoms with Crippen LogP contribution in [0.15, 0.2) is 39.1 Å². The van der Waals surface area contributed by atoms with Gasteiger partial charge in [0.1, 0.15) is 0 Å². The van der Waals surface area contributed by atoms with Crippen LogP contribution >= 0.6 is 38.6 Å². The van der Waals surface area contributed by atoms with Crippen molar-refractivity contribution in [3.63, 3.8) is 0 Å². The van der Waals surface area contributed by atoms with Crippen molar-refractivity contribution >= 4 is 54.7 Å². The summed E-state index contributed by atoms with van der Waals surface area (Å²) in [4.78, 5) is 17.8. The second-order valence-corrected chi connectivity index (χ2v) is 8.14. The van der Waals surface area contributed by atoms with Crippen molar-refractivity contribution in [3.8, 4) is 12.3 Å². The molecule has 0 N–H and O–H groups in total. The minimum Gasteiger partial charge on any atom is -0.305 e. The fraction of sp³-hybridized carbons (Fsp3) is 0.125. The van der Waals surface area contributed by atoms with E-state index in [-0.39, 0.29) is 5.91 Å². The minimum atomic E-state index is -0.246. The Hall–Kier alpha value is -1.68. The summed E-state index contributed by atoms with van der Waals surface area (Å²) in [5, 5.41) is 0. The zero-order valence-electron chi connectivity index (χ0n) is 11.7. The number of nitrogens with zero attached hydrogens (tertiary/aromatic N) is 2. The molecule has 3 aromatic rings. The van der Waals surface area contributed by atoms with E-state index in [1.807, 2.05) is 29.7 Å². The maximum absolute atomic E-state index is 12.3. The van der Waals surface area contributed by atoms with Crippen LogP contribution in [0.1, 0.15) is 15.2 Å². The predicted octanol–water partition coefficient (Wildman–Crippen LogP) is 4.21. The predicted molar refractivity (Wildman–Crippen MR) is 95.3 cm³/mol. The van der Waals surface area contributed by atoms with E-state index in [2.05, 4.69) is 32.9 Å². The number of amides is 1. The van der Waals surface area contributed by atoms with Crippen LogP contribution < -0.4 is 4.80 Å². The molecule has 2 heterocycles. The maximum atomic E-state index is 12.3. The molecule has 0 atom stereocenters. The van der Waals surface area contributed by atoms with Crippen LogP contribution in [0.25, 0.3) is 10.2 Å². The number of benzene rings is 1. The third-order valence-electron chi connectivity index (χ3n) is 3.07. The molecule has 1 aromatic carbocycles. The molecule has 0 bridgehead atoms. The molecule has 0 aliphatic carbocycles. The van der Waals surface area contributed by atoms with Gasteiger partial charge >= 0.3 is 0 Å². The highest BCUT2D eigenvalue weighted by Crippen LogP contribution is 2.23. The zero-order valence-corrected chi connectivity index (χ0v) is 14.9. The number of hydrogen-bond donors (Lipinski definition) is 0. The van der Waals surface area contributed by atoms with Gasteiger partial charge in [0.15, 0.2) is 4.80 Å². The van der Waals surface area contributed by atoms with Crippen LogP contribution in [-0.4, -0.2) is 10.5 Å². The molecular weight excluding hydrogens is 380 g/mol. The Morgan fingerprint density at radius 3 is 2.86 bits per heavy atom. The van der Waals surface area contributed by atoms with E-state index in [9.17, 15) is 4.79 Å². The molecule has 110 valence electrons. The molecule has 22 heavy (non-hydrogen) atoms. The molecule has 2 aromatic heterocycles. The number of thiophene rings is 1. The zero-order chi connectivity index (χ0) is 15.7. The number of rotatable bonds is 2. The molecule has 0 aliphatic rings. The van der Waals surface area contributed by atoms with Crippen molar-refractivity contribution in [2.24, 2.45) is 4.99 Å². The SMILES string of the molecule is C#CCn1c(=NC(=O)c2ccc(Br)s2)sc2cc(C)ccc21. The second kappa shape index (κ2) is 6.21. The maximum Gasteiger partial charge on any atom is 0.289 e. The average molecular weight is 391 g/mol. The normalized spacial score (nSPS) is 11.8. The molecule has 0 fully saturated rings. The van der Waals surface area contributed by atoms with Gasteiger partial charge in [0, 0.05) is 0 Å². The number of fused-ring (bicyclic) bond motifs is 1. The number of hydrogen-bond acceptors (Lipinski definition) is 3. The standard InChI is InChI=1S/C16H11BrN2OS2/c1-3-8-19-11-5-4-10(2)9-13(11)22-16(19)18-15(20)12-6-7-14(17)21-12/h1,4-7,9H,8H2,2H3. The number of halogens is 1. The fourth-order valence-electron chi connectivity index (χ4n) is 2.08. The Balaban J connectivity index is 2.17. The molecule has 0 unspecified atom stereocenters. The topological polar surface area (TPSA) is 34.4 Å². The van der Waals surface area contributed by atoms with E-state index in [0.29, 0.717) is 16.2 Å². The number of aromatic nitrogens is 1. The first-order valence-corrected chi connectivity index (χ1v) is 8.89. The molecule has 0 radical (unpaired) electrons. The molecular formula is C16H11BrN2OS2. The van der Waals surface area contributed by atoms with Crippen molar-refractivity contribution in [2.45, 2.75) is 13.5 Å². The van der Waals surface area contributed by atoms with Gasteiger partial charge in [0.05, 0.1) is 25.4 Å². The van der Waals surface area contributed by atoms with Gasteiger partial charge in [-0.05, 0) is 52.7 Å². The van der Waals surface area contributed by atoms with Gasteiger partial charge in [-0.25, -0.2) is 0 Å². The molecule has 6 heteroatoms. The van der Waals surface area contributed by atoms with Crippen molar-refractivity contribution in [1.82, 2.24) is 4.57 Å². The Labute approximate surface area is 144 Å². The van der Waals surface area contributed by atoms with E-state index in [1.165, 1.54) is 28.2 Å². The monoisotopic (exact) mass is 390 g/mol. The number of terminal acetylenes is 1. The lowest BCUT2D eigenvalue weighted by atomic mass is 10.2. The lowest BCUT2D eigenvalue weighted by molar-refractivity contribution is 0.100. The molecule has 1 amide bonds. The number of carbonyl (C=O) groups excluding carboxylic acids is 1. The Morgan fingerprint density at radius 2 is 2.18 bits per heavy atom. The summed E-state index contributed by atoms with van der Waals surface area (Å²) in [6.45, 7) is 2.43. The van der Waals surface area contributed by atoms with Crippen molar-refractivity contribution in [2.75, 3.05) is 0 Å². The van der Waals surface area contributed by atoms with Crippen LogP contribution in [0, 0.1) is 19.3 Å². The van der Waals surface area contributed by atoms with Crippen molar-refractivity contribution in [1.29, 1.82) is 0 Å². The smallest absolute Gasteiger partial charge is 0.289 e. The summed E-state index contributed by atoms with van der Waals surface area (Å²) in [5.74, 6) is 2.38. The van der Waals surface area contributed by atoms with E-state index in [1.54, 1.807) is 6.07 Å². The van der Waals surface area contributed by atoms with E-state index in [0.717, 1.165) is 14.0 Å². The van der Waals surface area contributed by atoms with Crippen molar-refractivity contribution < 1.29 is 4.79 Å². The summed E-state index contributed by atoms with van der Waals surface area (Å²) < 4.78 is 3.89. The van der Waals surface area contributed by atoms with Crippen molar-refractivity contribution in [3.05, 3.63) is 49.4 Å². The second-order valence-electron chi connectivity index (χ2n) is 4.67. The first-order valence-electron chi connectivity index (χ1n) is 6.46. The van der Waals surface area contributed by atoms with Gasteiger partial charge in [0.25, 0.3) is 5.91 Å². The number of thiazole rings is 1. The molecule has 3 nitrogen and oxygen atoms in total. The van der Waals surface area contributed by atoms with Crippen LogP contribution in [0.5, 0.6) is 0 Å². The van der Waals surface area contributed by atoms with E-state index >= 15 is 0 Å². The molecule has 0 saturated heterocycles. The van der Waals surface area contributed by atoms with Gasteiger partial charge in [-0.2, -0.15) is 4.99 Å². The molecule has 0 saturated carbocycles. The van der Waals surface area contributed by atoms with Crippen LogP contribution in [0.3, 0.4) is 0 Å². The van der Waals surface area contributed by atoms with Gasteiger partial charge in [-0.1, -0.05) is 23.3 Å². The summed E-state index contributed by atoms with van der Waals surface area (Å²) in [6, 6.07) is 9.74.